The molecular weight excluding hydrogens is 386 g/mol. The number of hydrogen-bond acceptors (Lipinski definition) is 7. The van der Waals surface area contributed by atoms with Gasteiger partial charge in [-0.2, -0.15) is 8.42 Å². The number of pyridine rings is 1. The van der Waals surface area contributed by atoms with Crippen LogP contribution in [0.5, 0.6) is 11.6 Å². The number of aromatic hydroxyl groups is 1. The Morgan fingerprint density at radius 1 is 1.15 bits per heavy atom. The van der Waals surface area contributed by atoms with E-state index in [0.717, 1.165) is 23.0 Å². The lowest BCUT2D eigenvalue weighted by Crippen LogP contribution is -2.21. The van der Waals surface area contributed by atoms with Gasteiger partial charge in [0.25, 0.3) is 15.7 Å². The SMILES string of the molecule is CCn1c(O)c(S(C)(=O)=O)c(-c2ccc(OC)c(S(=O)(=O)O)c2)cc1=O. The third-order valence-electron chi connectivity index (χ3n) is 3.68. The summed E-state index contributed by atoms with van der Waals surface area (Å²) in [5.41, 5.74) is -0.863. The monoisotopic (exact) mass is 403 g/mol. The number of rotatable bonds is 5. The van der Waals surface area contributed by atoms with Crippen LogP contribution in [0.2, 0.25) is 0 Å². The molecule has 0 fully saturated rings. The van der Waals surface area contributed by atoms with Crippen LogP contribution in [0.4, 0.5) is 0 Å². The summed E-state index contributed by atoms with van der Waals surface area (Å²) in [5.74, 6) is -0.912. The summed E-state index contributed by atoms with van der Waals surface area (Å²) in [5, 5.41) is 10.3. The van der Waals surface area contributed by atoms with Gasteiger partial charge in [-0.1, -0.05) is 6.07 Å². The van der Waals surface area contributed by atoms with Gasteiger partial charge in [-0.25, -0.2) is 8.42 Å². The normalized spacial score (nSPS) is 12.2. The standard InChI is InChI=1S/C15H17NO8S2/c1-4-16-13(17)8-10(14(15(16)18)25(3,19)20)9-5-6-11(24-2)12(7-9)26(21,22)23/h5-8,18H,4H2,1-3H3,(H,21,22,23). The molecule has 1 aromatic carbocycles. The maximum atomic E-state index is 12.2. The summed E-state index contributed by atoms with van der Waals surface area (Å²) in [7, 11) is -7.46. The zero-order valence-electron chi connectivity index (χ0n) is 14.1. The molecule has 0 spiro atoms. The highest BCUT2D eigenvalue weighted by Crippen LogP contribution is 2.36. The average Bonchev–Trinajstić information content (AvgIpc) is 2.51. The molecule has 9 nitrogen and oxygen atoms in total. The highest BCUT2D eigenvalue weighted by atomic mass is 32.2. The van der Waals surface area contributed by atoms with E-state index in [9.17, 15) is 31.3 Å². The molecule has 1 heterocycles. The number of ether oxygens (including phenoxy) is 1. The quantitative estimate of drug-likeness (QED) is 0.702. The van der Waals surface area contributed by atoms with E-state index in [2.05, 4.69) is 0 Å². The van der Waals surface area contributed by atoms with Gasteiger partial charge in [0.15, 0.2) is 9.84 Å². The van der Waals surface area contributed by atoms with Crippen molar-refractivity contribution in [2.45, 2.75) is 23.3 Å². The summed E-state index contributed by atoms with van der Waals surface area (Å²) in [6.07, 6.45) is 0.850. The Labute approximate surface area is 150 Å². The van der Waals surface area contributed by atoms with Crippen molar-refractivity contribution >= 4 is 20.0 Å². The molecule has 0 saturated carbocycles. The summed E-state index contributed by atoms with van der Waals surface area (Å²) in [6.45, 7) is 1.59. The molecule has 0 saturated heterocycles. The lowest BCUT2D eigenvalue weighted by molar-refractivity contribution is 0.396. The van der Waals surface area contributed by atoms with Crippen LogP contribution < -0.4 is 10.3 Å². The molecule has 0 unspecified atom stereocenters. The number of sulfone groups is 1. The zero-order valence-corrected chi connectivity index (χ0v) is 15.8. The Morgan fingerprint density at radius 3 is 2.23 bits per heavy atom. The minimum absolute atomic E-state index is 0.00509. The van der Waals surface area contributed by atoms with Gasteiger partial charge in [0.05, 0.1) is 7.11 Å². The van der Waals surface area contributed by atoms with Gasteiger partial charge >= 0.3 is 0 Å². The molecule has 1 aromatic heterocycles. The Balaban J connectivity index is 2.96. The Bertz CT molecular complexity index is 1130. The molecule has 0 aliphatic rings. The van der Waals surface area contributed by atoms with E-state index in [1.807, 2.05) is 0 Å². The van der Waals surface area contributed by atoms with E-state index >= 15 is 0 Å². The van der Waals surface area contributed by atoms with E-state index in [-0.39, 0.29) is 23.4 Å². The predicted octanol–water partition coefficient (Wildman–Crippen LogP) is 0.900. The van der Waals surface area contributed by atoms with Gasteiger partial charge in [-0.3, -0.25) is 13.9 Å². The Hall–Kier alpha value is -2.37. The minimum atomic E-state index is -4.68. The summed E-state index contributed by atoms with van der Waals surface area (Å²) in [4.78, 5) is 11.0. The molecule has 0 aliphatic carbocycles. The average molecular weight is 403 g/mol. The van der Waals surface area contributed by atoms with Crippen molar-refractivity contribution in [2.75, 3.05) is 13.4 Å². The third-order valence-corrected chi connectivity index (χ3v) is 5.70. The van der Waals surface area contributed by atoms with Gasteiger partial charge in [-0.05, 0) is 24.6 Å². The van der Waals surface area contributed by atoms with Crippen molar-refractivity contribution < 1.29 is 31.2 Å². The molecule has 26 heavy (non-hydrogen) atoms. The topological polar surface area (TPSA) is 140 Å². The first-order valence-corrected chi connectivity index (χ1v) is 10.6. The Morgan fingerprint density at radius 2 is 1.77 bits per heavy atom. The van der Waals surface area contributed by atoms with E-state index in [1.165, 1.54) is 19.2 Å². The van der Waals surface area contributed by atoms with Crippen LogP contribution in [0.25, 0.3) is 11.1 Å². The largest absolute Gasteiger partial charge is 0.495 e. The lowest BCUT2D eigenvalue weighted by atomic mass is 10.1. The number of methoxy groups -OCH3 is 1. The molecular formula is C15H17NO8S2. The highest BCUT2D eigenvalue weighted by molar-refractivity contribution is 7.91. The first-order valence-electron chi connectivity index (χ1n) is 7.24. The van der Waals surface area contributed by atoms with E-state index in [4.69, 9.17) is 4.74 Å². The second-order valence-electron chi connectivity index (χ2n) is 5.41. The van der Waals surface area contributed by atoms with Crippen molar-refractivity contribution in [2.24, 2.45) is 0 Å². The maximum Gasteiger partial charge on any atom is 0.298 e. The molecule has 2 N–H and O–H groups in total. The molecule has 142 valence electrons. The highest BCUT2D eigenvalue weighted by Gasteiger charge is 2.25. The van der Waals surface area contributed by atoms with Crippen LogP contribution in [-0.4, -0.2) is 44.4 Å². The van der Waals surface area contributed by atoms with Gasteiger partial charge < -0.3 is 9.84 Å². The maximum absolute atomic E-state index is 12.2. The zero-order chi connectivity index (χ0) is 19.9. The number of nitrogens with zero attached hydrogens (tertiary/aromatic N) is 1. The van der Waals surface area contributed by atoms with Crippen molar-refractivity contribution in [1.82, 2.24) is 4.57 Å². The lowest BCUT2D eigenvalue weighted by Gasteiger charge is -2.15. The fourth-order valence-electron chi connectivity index (χ4n) is 2.55. The fraction of sp³-hybridized carbons (Fsp3) is 0.267. The van der Waals surface area contributed by atoms with Gasteiger partial charge in [0, 0.05) is 24.4 Å². The smallest absolute Gasteiger partial charge is 0.298 e. The molecule has 11 heteroatoms. The summed E-state index contributed by atoms with van der Waals surface area (Å²) in [6, 6.07) is 4.46. The second kappa shape index (κ2) is 6.74. The summed E-state index contributed by atoms with van der Waals surface area (Å²) >= 11 is 0. The van der Waals surface area contributed by atoms with Crippen molar-refractivity contribution in [1.29, 1.82) is 0 Å². The minimum Gasteiger partial charge on any atom is -0.495 e. The number of aromatic nitrogens is 1. The number of benzene rings is 1. The van der Waals surface area contributed by atoms with Crippen LogP contribution in [-0.2, 0) is 26.5 Å². The molecule has 0 radical (unpaired) electrons. The first kappa shape index (κ1) is 19.9. The molecule has 2 rings (SSSR count). The molecule has 0 aliphatic heterocycles. The number of hydrogen-bond donors (Lipinski definition) is 2. The molecule has 0 atom stereocenters. The van der Waals surface area contributed by atoms with Gasteiger partial charge in [0.2, 0.25) is 5.88 Å². The van der Waals surface area contributed by atoms with E-state index in [0.29, 0.717) is 0 Å². The predicted molar refractivity (Wildman–Crippen MR) is 93.0 cm³/mol. The molecule has 0 bridgehead atoms. The first-order chi connectivity index (χ1) is 11.9. The molecule has 0 amide bonds. The van der Waals surface area contributed by atoms with Crippen molar-refractivity contribution in [3.05, 3.63) is 34.6 Å². The third kappa shape index (κ3) is 3.59. The van der Waals surface area contributed by atoms with Crippen LogP contribution in [0, 0.1) is 0 Å². The fourth-order valence-corrected chi connectivity index (χ4v) is 4.25. The summed E-state index contributed by atoms with van der Waals surface area (Å²) < 4.78 is 62.5. The van der Waals surface area contributed by atoms with Crippen LogP contribution in [0.1, 0.15) is 6.92 Å². The molecule has 2 aromatic rings. The van der Waals surface area contributed by atoms with Crippen LogP contribution >= 0.6 is 0 Å². The van der Waals surface area contributed by atoms with E-state index < -0.39 is 41.2 Å². The van der Waals surface area contributed by atoms with Crippen LogP contribution in [0.3, 0.4) is 0 Å². The van der Waals surface area contributed by atoms with Gasteiger partial charge in [-0.15, -0.1) is 0 Å². The van der Waals surface area contributed by atoms with Crippen molar-refractivity contribution in [3.8, 4) is 22.8 Å². The Kier molecular flexibility index (Phi) is 5.17. The second-order valence-corrected chi connectivity index (χ2v) is 8.75. The van der Waals surface area contributed by atoms with Crippen molar-refractivity contribution in [3.63, 3.8) is 0 Å². The van der Waals surface area contributed by atoms with E-state index in [1.54, 1.807) is 6.92 Å². The van der Waals surface area contributed by atoms with Crippen LogP contribution in [0.15, 0.2) is 38.9 Å². The van der Waals surface area contributed by atoms with Gasteiger partial charge in [0.1, 0.15) is 15.5 Å².